The Morgan fingerprint density at radius 1 is 0.706 bits per heavy atom. The first-order valence-corrected chi connectivity index (χ1v) is 28.4. The fourth-order valence-electron chi connectivity index (χ4n) is 11.0. The molecule has 1 aliphatic carbocycles. The van der Waals surface area contributed by atoms with E-state index in [4.69, 9.17) is 43.4 Å². The number of aliphatic hydroxyl groups excluding tert-OH is 5. The predicted molar refractivity (Wildman–Crippen MR) is 300 cm³/mol. The third kappa shape index (κ3) is 17.3. The number of carbonyl (C=O) groups excluding carboxylic acids is 3. The van der Waals surface area contributed by atoms with E-state index >= 15 is 4.39 Å². The van der Waals surface area contributed by atoms with Crippen LogP contribution in [0.15, 0.2) is 132 Å². The number of alkyl halides is 1. The summed E-state index contributed by atoms with van der Waals surface area (Å²) in [6, 6.07) is 32.6. The molecule has 85 heavy (non-hydrogen) atoms. The highest BCUT2D eigenvalue weighted by Crippen LogP contribution is 2.38. The Kier molecular flexibility index (Phi) is 23.9. The fourth-order valence-corrected chi connectivity index (χ4v) is 11.0. The van der Waals surface area contributed by atoms with Crippen molar-refractivity contribution in [3.8, 4) is 0 Å². The van der Waals surface area contributed by atoms with E-state index < -0.39 is 141 Å². The zero-order valence-electron chi connectivity index (χ0n) is 47.0. The maximum atomic E-state index is 15.8. The van der Waals surface area contributed by atoms with Crippen molar-refractivity contribution in [2.24, 2.45) is 16.1 Å². The van der Waals surface area contributed by atoms with Crippen LogP contribution in [-0.4, -0.2) is 185 Å². The Labute approximate surface area is 490 Å². The molecular formula is C59H74FN9O16. The third-order valence-electron chi connectivity index (χ3n) is 15.5. The molecule has 3 aliphatic heterocycles. The number of rotatable bonds is 27. The van der Waals surface area contributed by atoms with Gasteiger partial charge < -0.3 is 74.1 Å². The Hall–Kier alpha value is -6.68. The monoisotopic (exact) mass is 1180 g/mol. The second-order valence-corrected chi connectivity index (χ2v) is 21.6. The lowest BCUT2D eigenvalue weighted by molar-refractivity contribution is -0.297. The Morgan fingerprint density at radius 3 is 1.95 bits per heavy atom. The summed E-state index contributed by atoms with van der Waals surface area (Å²) in [7, 11) is 0. The van der Waals surface area contributed by atoms with Gasteiger partial charge in [-0.15, -0.1) is 0 Å². The topological polar surface area (TPSA) is 351 Å². The predicted octanol–water partition coefficient (Wildman–Crippen LogP) is 5.06. The second-order valence-electron chi connectivity index (χ2n) is 21.6. The van der Waals surface area contributed by atoms with Crippen molar-refractivity contribution in [3.63, 3.8) is 0 Å². The quantitative estimate of drug-likeness (QED) is 0.0177. The number of nitrogens with zero attached hydrogens (tertiary/aromatic N) is 7. The number of aliphatic hydroxyl groups is 5. The summed E-state index contributed by atoms with van der Waals surface area (Å²) in [5.74, 6) is -1.71. The average molecular weight is 1180 g/mol. The van der Waals surface area contributed by atoms with Crippen molar-refractivity contribution >= 4 is 17.8 Å². The van der Waals surface area contributed by atoms with Crippen molar-refractivity contribution in [1.29, 1.82) is 0 Å². The molecular weight excluding hydrogens is 1110 g/mol. The van der Waals surface area contributed by atoms with Crippen LogP contribution in [0.25, 0.3) is 20.9 Å². The first kappa shape index (κ1) is 64.3. The fraction of sp³-hybridized carbons (Fsp3) is 0.542. The molecule has 4 aromatic carbocycles. The highest BCUT2D eigenvalue weighted by molar-refractivity contribution is 5.97. The zero-order valence-corrected chi connectivity index (χ0v) is 47.0. The van der Waals surface area contributed by atoms with Crippen molar-refractivity contribution in [2.75, 3.05) is 26.2 Å². The number of amides is 2. The maximum Gasteiger partial charge on any atom is 0.407 e. The minimum absolute atomic E-state index is 0.0180. The van der Waals surface area contributed by atoms with Crippen molar-refractivity contribution in [3.05, 3.63) is 164 Å². The summed E-state index contributed by atoms with van der Waals surface area (Å²) in [6.45, 7) is 2.42. The summed E-state index contributed by atoms with van der Waals surface area (Å²) < 4.78 is 65.6. The van der Waals surface area contributed by atoms with Gasteiger partial charge in [0, 0.05) is 28.5 Å². The lowest BCUT2D eigenvalue weighted by Gasteiger charge is -2.47. The van der Waals surface area contributed by atoms with Gasteiger partial charge in [-0.25, -0.2) is 9.18 Å². The number of Topliss-reactive ketones (excluding diaryl/α,β-unsaturated/α-hetero) is 1. The van der Waals surface area contributed by atoms with Crippen LogP contribution in [0.3, 0.4) is 0 Å². The van der Waals surface area contributed by atoms with E-state index in [1.165, 1.54) is 0 Å². The van der Waals surface area contributed by atoms with Gasteiger partial charge in [-0.1, -0.05) is 145 Å². The molecule has 3 heterocycles. The first-order valence-electron chi connectivity index (χ1n) is 28.4. The van der Waals surface area contributed by atoms with Gasteiger partial charge in [-0.2, -0.15) is 0 Å². The molecule has 4 fully saturated rings. The summed E-state index contributed by atoms with van der Waals surface area (Å²) in [6.07, 6.45) is -23.5. The smallest absolute Gasteiger partial charge is 0.407 e. The molecule has 8 rings (SSSR count). The molecule has 458 valence electrons. The maximum absolute atomic E-state index is 15.8. The van der Waals surface area contributed by atoms with Gasteiger partial charge >= 0.3 is 6.09 Å². The molecule has 25 nitrogen and oxygen atoms in total. The van der Waals surface area contributed by atoms with Gasteiger partial charge in [0.2, 0.25) is 0 Å². The molecule has 0 aromatic heterocycles. The summed E-state index contributed by atoms with van der Waals surface area (Å²) in [4.78, 5) is 49.1. The number of hydrogen-bond acceptors (Lipinski definition) is 19. The van der Waals surface area contributed by atoms with E-state index in [9.17, 15) is 45.4 Å². The lowest BCUT2D eigenvalue weighted by atomic mass is 9.79. The van der Waals surface area contributed by atoms with Crippen LogP contribution in [0.2, 0.25) is 0 Å². The number of ketones is 1. The minimum Gasteiger partial charge on any atom is -0.445 e. The molecule has 3 saturated heterocycles. The van der Waals surface area contributed by atoms with Gasteiger partial charge in [-0.3, -0.25) is 14.5 Å². The van der Waals surface area contributed by atoms with Crippen LogP contribution < -0.4 is 10.6 Å². The number of hydrogen-bond donors (Lipinski definition) is 7. The number of benzene rings is 4. The molecule has 4 aliphatic rings. The first-order chi connectivity index (χ1) is 41.2. The molecule has 7 N–H and O–H groups in total. The van der Waals surface area contributed by atoms with Crippen LogP contribution >= 0.6 is 0 Å². The molecule has 26 heteroatoms. The van der Waals surface area contributed by atoms with Crippen LogP contribution in [0.1, 0.15) is 66.6 Å². The second kappa shape index (κ2) is 31.6. The zero-order chi connectivity index (χ0) is 60.4. The van der Waals surface area contributed by atoms with Crippen LogP contribution in [0.5, 0.6) is 0 Å². The number of nitrogens with one attached hydrogen (secondary N) is 2. The molecule has 1 saturated carbocycles. The number of azide groups is 2. The van der Waals surface area contributed by atoms with Crippen molar-refractivity contribution < 1.29 is 82.2 Å². The number of carbonyl (C=O) groups is 3. The normalized spacial score (nSPS) is 30.9. The van der Waals surface area contributed by atoms with Crippen LogP contribution in [-0.2, 0) is 62.4 Å². The summed E-state index contributed by atoms with van der Waals surface area (Å²) in [5, 5.41) is 69.8. The van der Waals surface area contributed by atoms with Crippen LogP contribution in [0, 0.1) is 5.92 Å². The minimum atomic E-state index is -1.88. The summed E-state index contributed by atoms with van der Waals surface area (Å²) in [5.41, 5.74) is 21.3. The molecule has 2 amide bonds. The number of ether oxygens (including phenoxy) is 8. The molecule has 0 bridgehead atoms. The molecule has 0 unspecified atom stereocenters. The van der Waals surface area contributed by atoms with E-state index in [1.54, 1.807) is 92.7 Å². The van der Waals surface area contributed by atoms with Gasteiger partial charge in [0.25, 0.3) is 5.91 Å². The molecule has 0 radical (unpaired) electrons. The lowest BCUT2D eigenvalue weighted by Crippen LogP contribution is -2.64. The highest BCUT2D eigenvalue weighted by atomic mass is 19.1. The average Bonchev–Trinajstić information content (AvgIpc) is 3.53. The highest BCUT2D eigenvalue weighted by Gasteiger charge is 2.55. The summed E-state index contributed by atoms with van der Waals surface area (Å²) >= 11 is 0. The van der Waals surface area contributed by atoms with E-state index in [0.717, 1.165) is 11.1 Å². The molecule has 19 atom stereocenters. The van der Waals surface area contributed by atoms with Crippen molar-refractivity contribution in [1.82, 2.24) is 15.5 Å². The van der Waals surface area contributed by atoms with E-state index in [0.29, 0.717) is 24.1 Å². The van der Waals surface area contributed by atoms with Gasteiger partial charge in [0.05, 0.1) is 62.8 Å². The largest absolute Gasteiger partial charge is 0.445 e. The van der Waals surface area contributed by atoms with Gasteiger partial charge in [0.15, 0.2) is 30.8 Å². The SMILES string of the molecule is CC[C@@H](F)[C@H](OCc1ccccc1)C(=O)N[C@@H]1C[C@H](C)[C@@H](O[C@H]2O[C@H](CN(CC(=O)c3ccccc3)Cc3ccccc3)CC[C@H]2NC(=O)OCc2ccccc2)[C@H](O[C@@H]2O[C@H](CO)[C@@H](O[C@H]3O[C@@H](CN=[N+]=[N-])[C@@H](O)[C@H](O)[C@H]3N=[N+]=[N-])[C@H]2O)[C@H]1O. The van der Waals surface area contributed by atoms with Gasteiger partial charge in [-0.05, 0) is 59.4 Å². The Balaban J connectivity index is 1.09. The number of alkyl carbamates (subject to hydrolysis) is 1. The Bertz CT molecular complexity index is 2830. The van der Waals surface area contributed by atoms with E-state index in [1.807, 2.05) is 47.4 Å². The molecule has 0 spiro atoms. The number of halogens is 1. The standard InChI is InChI=1S/C59H74FN9O16/c1-3-40(60)52(78-32-36-18-10-5-11-19-36)55(76)64-42-26-34(2)51(54(47(42)72)85-58-50(75)53(45(31-70)82-58)84-57-46(66-68-62)49(74)48(73)44(81-57)27-63-67-61)83-56-41(65-59(77)79-33-37-20-12-6-13-21-37)25-24-39(80-56)29-69(28-35-16-8-4-9-17-35)30-43(71)38-22-14-7-15-23-38/h4-23,34,39-42,44-54,56-58,70,72-75H,3,24-33H2,1-2H3,(H,64,76)(H,65,77)/t34-,39-,40+,41+,42+,44-,45+,46+,47-,48+,49+,50+,51+,52-,53+,54+,56+,57+,58-/m0/s1. The third-order valence-corrected chi connectivity index (χ3v) is 15.5. The Morgan fingerprint density at radius 2 is 1.32 bits per heavy atom. The van der Waals surface area contributed by atoms with Crippen molar-refractivity contribution in [2.45, 2.75) is 170 Å². The van der Waals surface area contributed by atoms with E-state index in [2.05, 4.69) is 30.7 Å². The van der Waals surface area contributed by atoms with Gasteiger partial charge in [0.1, 0.15) is 55.4 Å². The van der Waals surface area contributed by atoms with E-state index in [-0.39, 0.29) is 51.3 Å². The van der Waals surface area contributed by atoms with Crippen LogP contribution in [0.4, 0.5) is 9.18 Å². The molecule has 4 aromatic rings.